The molecule has 1 fully saturated rings. The van der Waals surface area contributed by atoms with Gasteiger partial charge in [-0.2, -0.15) is 5.10 Å². The zero-order valence-corrected chi connectivity index (χ0v) is 12.5. The highest BCUT2D eigenvalue weighted by Crippen LogP contribution is 2.19. The van der Waals surface area contributed by atoms with Crippen molar-refractivity contribution in [2.45, 2.75) is 12.8 Å². The van der Waals surface area contributed by atoms with Crippen molar-refractivity contribution in [1.82, 2.24) is 19.6 Å². The molecule has 1 saturated heterocycles. The second-order valence-corrected chi connectivity index (χ2v) is 5.87. The number of rotatable bonds is 4. The van der Waals surface area contributed by atoms with Gasteiger partial charge in [0.25, 0.3) is 0 Å². The fourth-order valence-corrected chi connectivity index (χ4v) is 3.02. The topological polar surface area (TPSA) is 24.3 Å². The van der Waals surface area contributed by atoms with Crippen molar-refractivity contribution < 1.29 is 0 Å². The molecule has 1 aliphatic rings. The highest BCUT2D eigenvalue weighted by Gasteiger charge is 2.13. The molecule has 0 N–H and O–H groups in total. The molecular weight excluding hydrogens is 248 g/mol. The van der Waals surface area contributed by atoms with Gasteiger partial charge in [-0.1, -0.05) is 12.1 Å². The molecule has 2 heterocycles. The van der Waals surface area contributed by atoms with Gasteiger partial charge in [0.15, 0.2) is 0 Å². The van der Waals surface area contributed by atoms with Crippen molar-refractivity contribution in [2.24, 2.45) is 7.05 Å². The minimum Gasteiger partial charge on any atom is -0.304 e. The third kappa shape index (κ3) is 2.86. The lowest BCUT2D eigenvalue weighted by molar-refractivity contribution is 0.153. The Morgan fingerprint density at radius 2 is 1.90 bits per heavy atom. The van der Waals surface area contributed by atoms with Crippen LogP contribution in [0, 0.1) is 0 Å². The molecular formula is C16H24N4. The van der Waals surface area contributed by atoms with Gasteiger partial charge in [-0.05, 0) is 38.1 Å². The van der Waals surface area contributed by atoms with E-state index >= 15 is 0 Å². The van der Waals surface area contributed by atoms with E-state index < -0.39 is 0 Å². The average Bonchev–Trinajstić information content (AvgIpc) is 2.84. The van der Waals surface area contributed by atoms with Crippen molar-refractivity contribution in [3.05, 3.63) is 30.0 Å². The molecule has 1 aromatic heterocycles. The molecule has 0 atom stereocenters. The molecule has 108 valence electrons. The van der Waals surface area contributed by atoms with Crippen molar-refractivity contribution >= 4 is 10.9 Å². The monoisotopic (exact) mass is 272 g/mol. The molecule has 20 heavy (non-hydrogen) atoms. The summed E-state index contributed by atoms with van der Waals surface area (Å²) in [5.41, 5.74) is 2.67. The molecule has 1 aromatic carbocycles. The second-order valence-electron chi connectivity index (χ2n) is 5.87. The third-order valence-electron chi connectivity index (χ3n) is 4.40. The number of hydrogen-bond acceptors (Lipinski definition) is 3. The summed E-state index contributed by atoms with van der Waals surface area (Å²) in [6.07, 6.45) is 4.38. The third-order valence-corrected chi connectivity index (χ3v) is 4.40. The number of aromatic nitrogens is 2. The van der Waals surface area contributed by atoms with Crippen molar-refractivity contribution in [2.75, 3.05) is 39.8 Å². The summed E-state index contributed by atoms with van der Waals surface area (Å²) < 4.78 is 1.96. The summed E-state index contributed by atoms with van der Waals surface area (Å²) in [6.45, 7) is 6.06. The number of nitrogens with zero attached hydrogens (tertiary/aromatic N) is 4. The normalized spacial score (nSPS) is 17.9. The Morgan fingerprint density at radius 1 is 1.10 bits per heavy atom. The van der Waals surface area contributed by atoms with Crippen molar-refractivity contribution in [3.63, 3.8) is 0 Å². The van der Waals surface area contributed by atoms with Crippen LogP contribution in [-0.2, 0) is 13.5 Å². The van der Waals surface area contributed by atoms with Crippen molar-refractivity contribution in [3.8, 4) is 0 Å². The molecule has 0 aliphatic carbocycles. The summed E-state index contributed by atoms with van der Waals surface area (Å²) in [6, 6.07) is 6.54. The van der Waals surface area contributed by atoms with E-state index in [4.69, 9.17) is 0 Å². The van der Waals surface area contributed by atoms with Crippen LogP contribution in [0.15, 0.2) is 24.4 Å². The number of likely N-dealkylation sites (N-methyl/N-ethyl adjacent to an activating group) is 1. The van der Waals surface area contributed by atoms with Gasteiger partial charge in [-0.3, -0.25) is 4.68 Å². The first-order chi connectivity index (χ1) is 9.74. The molecule has 0 unspecified atom stereocenters. The number of piperazine rings is 1. The highest BCUT2D eigenvalue weighted by atomic mass is 15.3. The Labute approximate surface area is 121 Å². The van der Waals surface area contributed by atoms with E-state index in [1.54, 1.807) is 0 Å². The quantitative estimate of drug-likeness (QED) is 0.847. The maximum atomic E-state index is 4.36. The SMILES string of the molecule is CN1CCN(CCCc2cccc3c2cnn3C)CC1. The van der Waals surface area contributed by atoms with Crippen LogP contribution in [0.1, 0.15) is 12.0 Å². The molecule has 0 spiro atoms. The predicted octanol–water partition coefficient (Wildman–Crippen LogP) is 1.75. The molecule has 0 saturated carbocycles. The first-order valence-corrected chi connectivity index (χ1v) is 7.54. The van der Waals surface area contributed by atoms with Crippen LogP contribution in [0.4, 0.5) is 0 Å². The molecule has 0 amide bonds. The van der Waals surface area contributed by atoms with E-state index in [1.807, 2.05) is 17.9 Å². The van der Waals surface area contributed by atoms with E-state index in [0.717, 1.165) is 6.42 Å². The Morgan fingerprint density at radius 3 is 2.70 bits per heavy atom. The standard InChI is InChI=1S/C16H24N4/c1-18-9-11-20(12-10-18)8-4-6-14-5-3-7-16-15(14)13-17-19(16)2/h3,5,7,13H,4,6,8-12H2,1-2H3. The number of hydrogen-bond donors (Lipinski definition) is 0. The first-order valence-electron chi connectivity index (χ1n) is 7.54. The summed E-state index contributed by atoms with van der Waals surface area (Å²) in [5, 5.41) is 5.68. The van der Waals surface area contributed by atoms with Gasteiger partial charge >= 0.3 is 0 Å². The maximum absolute atomic E-state index is 4.36. The van der Waals surface area contributed by atoms with Crippen LogP contribution in [0.2, 0.25) is 0 Å². The largest absolute Gasteiger partial charge is 0.304 e. The van der Waals surface area contributed by atoms with Gasteiger partial charge in [0.1, 0.15) is 0 Å². The van der Waals surface area contributed by atoms with Crippen LogP contribution < -0.4 is 0 Å². The lowest BCUT2D eigenvalue weighted by Gasteiger charge is -2.32. The minimum absolute atomic E-state index is 1.15. The van der Waals surface area contributed by atoms with Crippen LogP contribution in [0.25, 0.3) is 10.9 Å². The maximum Gasteiger partial charge on any atom is 0.0681 e. The summed E-state index contributed by atoms with van der Waals surface area (Å²) in [4.78, 5) is 5.00. The van der Waals surface area contributed by atoms with Gasteiger partial charge in [0.05, 0.1) is 11.7 Å². The Kier molecular flexibility index (Phi) is 4.03. The van der Waals surface area contributed by atoms with Gasteiger partial charge in [-0.25, -0.2) is 0 Å². The summed E-state index contributed by atoms with van der Waals surface area (Å²) in [7, 11) is 4.22. The lowest BCUT2D eigenvalue weighted by Crippen LogP contribution is -2.44. The van der Waals surface area contributed by atoms with Crippen molar-refractivity contribution in [1.29, 1.82) is 0 Å². The molecule has 3 rings (SSSR count). The molecule has 4 nitrogen and oxygen atoms in total. The number of aryl methyl sites for hydroxylation is 2. The first kappa shape index (κ1) is 13.6. The van der Waals surface area contributed by atoms with Gasteiger partial charge in [0.2, 0.25) is 0 Å². The smallest absolute Gasteiger partial charge is 0.0681 e. The Hall–Kier alpha value is -1.39. The molecule has 0 radical (unpaired) electrons. The molecule has 4 heteroatoms. The van der Waals surface area contributed by atoms with E-state index in [1.165, 1.54) is 55.6 Å². The zero-order chi connectivity index (χ0) is 13.9. The Balaban J connectivity index is 1.57. The Bertz CT molecular complexity index is 567. The highest BCUT2D eigenvalue weighted by molar-refractivity contribution is 5.82. The van der Waals surface area contributed by atoms with Crippen LogP contribution in [-0.4, -0.2) is 59.4 Å². The van der Waals surface area contributed by atoms with Crippen LogP contribution in [0.3, 0.4) is 0 Å². The summed E-state index contributed by atoms with van der Waals surface area (Å²) >= 11 is 0. The minimum atomic E-state index is 1.15. The van der Waals surface area contributed by atoms with E-state index in [0.29, 0.717) is 0 Å². The molecule has 0 bridgehead atoms. The van der Waals surface area contributed by atoms with E-state index in [2.05, 4.69) is 40.1 Å². The predicted molar refractivity (Wildman–Crippen MR) is 83.0 cm³/mol. The zero-order valence-electron chi connectivity index (χ0n) is 12.5. The summed E-state index contributed by atoms with van der Waals surface area (Å²) in [5.74, 6) is 0. The number of fused-ring (bicyclic) bond motifs is 1. The van der Waals surface area contributed by atoms with Crippen LogP contribution >= 0.6 is 0 Å². The van der Waals surface area contributed by atoms with Gasteiger partial charge in [-0.15, -0.1) is 0 Å². The molecule has 1 aliphatic heterocycles. The van der Waals surface area contributed by atoms with Gasteiger partial charge in [0, 0.05) is 38.6 Å². The molecule has 2 aromatic rings. The fourth-order valence-electron chi connectivity index (χ4n) is 3.02. The fraction of sp³-hybridized carbons (Fsp3) is 0.562. The number of benzene rings is 1. The average molecular weight is 272 g/mol. The second kappa shape index (κ2) is 5.94. The van der Waals surface area contributed by atoms with E-state index in [-0.39, 0.29) is 0 Å². The van der Waals surface area contributed by atoms with Gasteiger partial charge < -0.3 is 9.80 Å². The lowest BCUT2D eigenvalue weighted by atomic mass is 10.1. The van der Waals surface area contributed by atoms with Crippen LogP contribution in [0.5, 0.6) is 0 Å². The van der Waals surface area contributed by atoms with E-state index in [9.17, 15) is 0 Å².